The van der Waals surface area contributed by atoms with Gasteiger partial charge in [-0.3, -0.25) is 0 Å². The molecule has 0 rings (SSSR count). The summed E-state index contributed by atoms with van der Waals surface area (Å²) in [5.74, 6) is 0. The predicted molar refractivity (Wildman–Crippen MR) is 71.7 cm³/mol. The van der Waals surface area contributed by atoms with E-state index >= 15 is 0 Å². The molecule has 2 N–H and O–H groups in total. The lowest BCUT2D eigenvalue weighted by atomic mass is 9.71. The van der Waals surface area contributed by atoms with Gasteiger partial charge >= 0.3 is 0 Å². The Kier molecular flexibility index (Phi) is 6.67. The Hall–Kier alpha value is -0.720. The highest BCUT2D eigenvalue weighted by Crippen LogP contribution is 2.40. The lowest BCUT2D eigenvalue weighted by Gasteiger charge is -2.35. The van der Waals surface area contributed by atoms with Crippen LogP contribution in [0.1, 0.15) is 54.9 Å². The summed E-state index contributed by atoms with van der Waals surface area (Å²) < 4.78 is 0. The molecule has 15 heavy (non-hydrogen) atoms. The number of hydrogen-bond acceptors (Lipinski definition) is 1. The fourth-order valence-corrected chi connectivity index (χ4v) is 1.37. The zero-order valence-corrected chi connectivity index (χ0v) is 11.7. The van der Waals surface area contributed by atoms with Crippen molar-refractivity contribution in [2.45, 2.75) is 54.9 Å². The normalized spacial score (nSPS) is 11.4. The van der Waals surface area contributed by atoms with Gasteiger partial charge in [0.05, 0.1) is 0 Å². The third-order valence-corrected chi connectivity index (χ3v) is 2.91. The molecular weight excluding hydrogens is 182 g/mol. The van der Waals surface area contributed by atoms with Crippen molar-refractivity contribution in [3.63, 3.8) is 0 Å². The van der Waals surface area contributed by atoms with Crippen molar-refractivity contribution in [2.24, 2.45) is 16.6 Å². The SMILES string of the molecule is C=C(C)C(C)(C)CC(C)(C)C(=C)N.CC. The Balaban J connectivity index is 0. The zero-order chi connectivity index (χ0) is 12.9. The van der Waals surface area contributed by atoms with E-state index in [9.17, 15) is 0 Å². The van der Waals surface area contributed by atoms with E-state index in [0.717, 1.165) is 12.1 Å². The third kappa shape index (κ3) is 5.66. The Bertz CT molecular complexity index is 197. The van der Waals surface area contributed by atoms with Crippen molar-refractivity contribution in [2.75, 3.05) is 0 Å². The van der Waals surface area contributed by atoms with Gasteiger partial charge in [0, 0.05) is 11.1 Å². The molecule has 0 aliphatic carbocycles. The van der Waals surface area contributed by atoms with Gasteiger partial charge in [0.2, 0.25) is 0 Å². The quantitative estimate of drug-likeness (QED) is 0.681. The molecule has 0 saturated carbocycles. The van der Waals surface area contributed by atoms with Crippen LogP contribution in [0.2, 0.25) is 0 Å². The van der Waals surface area contributed by atoms with E-state index in [4.69, 9.17) is 5.73 Å². The van der Waals surface area contributed by atoms with Gasteiger partial charge in [-0.1, -0.05) is 60.3 Å². The second-order valence-electron chi connectivity index (χ2n) is 5.25. The molecule has 0 radical (unpaired) electrons. The topological polar surface area (TPSA) is 26.0 Å². The summed E-state index contributed by atoms with van der Waals surface area (Å²) in [6.07, 6.45) is 0.991. The second kappa shape index (κ2) is 5.99. The number of rotatable bonds is 4. The molecule has 0 atom stereocenters. The first kappa shape index (κ1) is 16.7. The predicted octanol–water partition coefficient (Wildman–Crippen LogP) is 4.50. The van der Waals surface area contributed by atoms with Crippen LogP contribution in [0.4, 0.5) is 0 Å². The van der Waals surface area contributed by atoms with E-state index in [-0.39, 0.29) is 10.8 Å². The third-order valence-electron chi connectivity index (χ3n) is 2.91. The van der Waals surface area contributed by atoms with E-state index in [1.165, 1.54) is 5.57 Å². The summed E-state index contributed by atoms with van der Waals surface area (Å²) in [5.41, 5.74) is 7.82. The van der Waals surface area contributed by atoms with Gasteiger partial charge < -0.3 is 5.73 Å². The van der Waals surface area contributed by atoms with E-state index in [1.54, 1.807) is 0 Å². The second-order valence-corrected chi connectivity index (χ2v) is 5.25. The van der Waals surface area contributed by atoms with Crippen LogP contribution in [0.15, 0.2) is 24.4 Å². The molecule has 90 valence electrons. The highest BCUT2D eigenvalue weighted by Gasteiger charge is 2.30. The van der Waals surface area contributed by atoms with Crippen LogP contribution >= 0.6 is 0 Å². The maximum Gasteiger partial charge on any atom is 0.00652 e. The van der Waals surface area contributed by atoms with E-state index in [1.807, 2.05) is 13.8 Å². The fourth-order valence-electron chi connectivity index (χ4n) is 1.37. The largest absolute Gasteiger partial charge is 0.402 e. The number of hydrogen-bond donors (Lipinski definition) is 1. The van der Waals surface area contributed by atoms with Crippen LogP contribution in [0.5, 0.6) is 0 Å². The van der Waals surface area contributed by atoms with Crippen molar-refractivity contribution in [1.29, 1.82) is 0 Å². The minimum absolute atomic E-state index is 0.0115. The molecule has 0 saturated heterocycles. The molecule has 0 aliphatic rings. The summed E-state index contributed by atoms with van der Waals surface area (Å²) in [5, 5.41) is 0. The first-order valence-corrected chi connectivity index (χ1v) is 5.70. The maximum atomic E-state index is 5.75. The van der Waals surface area contributed by atoms with Crippen LogP contribution in [-0.4, -0.2) is 0 Å². The van der Waals surface area contributed by atoms with Gasteiger partial charge in [0.1, 0.15) is 0 Å². The standard InChI is InChI=1S/C12H23N.C2H6/c1-9(2)11(4,5)8-12(6,7)10(3)13;1-2/h1,3,8,13H2,2,4-7H3;1-2H3. The van der Waals surface area contributed by atoms with Crippen LogP contribution in [0.3, 0.4) is 0 Å². The van der Waals surface area contributed by atoms with Crippen molar-refractivity contribution >= 4 is 0 Å². The monoisotopic (exact) mass is 211 g/mol. The Morgan fingerprint density at radius 1 is 1.00 bits per heavy atom. The van der Waals surface area contributed by atoms with Crippen LogP contribution < -0.4 is 5.73 Å². The Morgan fingerprint density at radius 2 is 1.33 bits per heavy atom. The minimum atomic E-state index is -0.0115. The average molecular weight is 211 g/mol. The summed E-state index contributed by atoms with van der Waals surface area (Å²) >= 11 is 0. The van der Waals surface area contributed by atoms with Gasteiger partial charge in [-0.25, -0.2) is 0 Å². The highest BCUT2D eigenvalue weighted by atomic mass is 14.6. The number of allylic oxidation sites excluding steroid dienone is 2. The molecule has 0 aromatic heterocycles. The van der Waals surface area contributed by atoms with Crippen molar-refractivity contribution < 1.29 is 0 Å². The van der Waals surface area contributed by atoms with Crippen LogP contribution in [0, 0.1) is 10.8 Å². The summed E-state index contributed by atoms with van der Waals surface area (Å²) in [6.45, 7) is 22.5. The highest BCUT2D eigenvalue weighted by molar-refractivity contribution is 5.10. The van der Waals surface area contributed by atoms with Gasteiger partial charge in [-0.05, 0) is 18.8 Å². The molecule has 1 heteroatoms. The molecule has 0 aliphatic heterocycles. The van der Waals surface area contributed by atoms with Crippen LogP contribution in [-0.2, 0) is 0 Å². The molecule has 0 amide bonds. The smallest absolute Gasteiger partial charge is 0.00652 e. The van der Waals surface area contributed by atoms with E-state index < -0.39 is 0 Å². The average Bonchev–Trinajstić information content (AvgIpc) is 2.05. The van der Waals surface area contributed by atoms with Crippen LogP contribution in [0.25, 0.3) is 0 Å². The van der Waals surface area contributed by atoms with Gasteiger partial charge in [-0.15, -0.1) is 0 Å². The maximum absolute atomic E-state index is 5.75. The fraction of sp³-hybridized carbons (Fsp3) is 0.714. The Labute approximate surface area is 96.5 Å². The minimum Gasteiger partial charge on any atom is -0.402 e. The molecule has 1 nitrogen and oxygen atoms in total. The molecule has 0 heterocycles. The molecule has 0 unspecified atom stereocenters. The zero-order valence-electron chi connectivity index (χ0n) is 11.7. The lowest BCUT2D eigenvalue weighted by molar-refractivity contribution is 0.266. The molecule has 0 fully saturated rings. The summed E-state index contributed by atoms with van der Waals surface area (Å²) in [4.78, 5) is 0. The van der Waals surface area contributed by atoms with E-state index in [2.05, 4.69) is 47.8 Å². The molecule has 0 spiro atoms. The van der Waals surface area contributed by atoms with Gasteiger partial charge in [-0.2, -0.15) is 0 Å². The first-order valence-electron chi connectivity index (χ1n) is 5.70. The summed E-state index contributed by atoms with van der Waals surface area (Å²) in [7, 11) is 0. The van der Waals surface area contributed by atoms with Crippen molar-refractivity contribution in [3.8, 4) is 0 Å². The van der Waals surface area contributed by atoms with E-state index in [0.29, 0.717) is 0 Å². The van der Waals surface area contributed by atoms with Crippen molar-refractivity contribution in [1.82, 2.24) is 0 Å². The number of nitrogens with two attached hydrogens (primary N) is 1. The van der Waals surface area contributed by atoms with Crippen molar-refractivity contribution in [3.05, 3.63) is 24.4 Å². The summed E-state index contributed by atoms with van der Waals surface area (Å²) in [6, 6.07) is 0. The Morgan fingerprint density at radius 3 is 1.53 bits per heavy atom. The molecule has 0 bridgehead atoms. The molecule has 0 aromatic carbocycles. The van der Waals surface area contributed by atoms with Gasteiger partial charge in [0.15, 0.2) is 0 Å². The lowest BCUT2D eigenvalue weighted by Crippen LogP contribution is -2.28. The molecular formula is C14H29N. The first-order chi connectivity index (χ1) is 6.59. The van der Waals surface area contributed by atoms with Gasteiger partial charge in [0.25, 0.3) is 0 Å². The molecule has 0 aromatic rings.